The van der Waals surface area contributed by atoms with Crippen molar-refractivity contribution in [3.63, 3.8) is 0 Å². The van der Waals surface area contributed by atoms with E-state index in [0.29, 0.717) is 19.0 Å². The van der Waals surface area contributed by atoms with Gasteiger partial charge in [-0.3, -0.25) is 9.59 Å². The van der Waals surface area contributed by atoms with E-state index in [1.807, 2.05) is 29.2 Å². The summed E-state index contributed by atoms with van der Waals surface area (Å²) in [5, 5.41) is 11.7. The van der Waals surface area contributed by atoms with Crippen LogP contribution in [0.5, 0.6) is 0 Å². The molecule has 2 aliphatic heterocycles. The minimum absolute atomic E-state index is 0.0689. The molecule has 1 atom stereocenters. The summed E-state index contributed by atoms with van der Waals surface area (Å²) in [5.74, 6) is 1.76. The van der Waals surface area contributed by atoms with Crippen molar-refractivity contribution in [2.45, 2.75) is 57.5 Å². The fourth-order valence-electron chi connectivity index (χ4n) is 4.29. The molecule has 7 nitrogen and oxygen atoms in total. The molecule has 0 unspecified atom stereocenters. The van der Waals surface area contributed by atoms with Crippen LogP contribution in [-0.4, -0.2) is 44.1 Å². The maximum absolute atomic E-state index is 12.6. The number of nitrogens with one attached hydrogen (secondary N) is 1. The van der Waals surface area contributed by atoms with Gasteiger partial charge in [-0.2, -0.15) is 0 Å². The Hall–Kier alpha value is -2.70. The summed E-state index contributed by atoms with van der Waals surface area (Å²) in [4.78, 5) is 26.5. The zero-order valence-electron chi connectivity index (χ0n) is 15.9. The third-order valence-corrected chi connectivity index (χ3v) is 6.04. The lowest BCUT2D eigenvalue weighted by molar-refractivity contribution is -0.128. The molecule has 1 aromatic heterocycles. The van der Waals surface area contributed by atoms with Crippen LogP contribution in [0.1, 0.15) is 44.3 Å². The largest absolute Gasteiger partial charge is 0.339 e. The predicted octanol–water partition coefficient (Wildman–Crippen LogP) is 2.62. The second kappa shape index (κ2) is 7.04. The molecule has 1 aromatic carbocycles. The van der Waals surface area contributed by atoms with Crippen molar-refractivity contribution in [3.8, 4) is 11.4 Å². The standard InChI is InChI=1S/C21H25N5O2/c27-19-12-15(13-26(19)17-9-10-17)21(28)22-16-7-5-14(6-8-16)20-24-23-18-4-2-1-3-11-25(18)20/h5-8,15,17H,1-4,9-13H2,(H,22,28)/t15-/m1/s1. The quantitative estimate of drug-likeness (QED) is 0.886. The summed E-state index contributed by atoms with van der Waals surface area (Å²) in [7, 11) is 0. The van der Waals surface area contributed by atoms with Gasteiger partial charge in [-0.1, -0.05) is 6.42 Å². The van der Waals surface area contributed by atoms with Gasteiger partial charge in [-0.15, -0.1) is 10.2 Å². The van der Waals surface area contributed by atoms with E-state index in [-0.39, 0.29) is 17.7 Å². The zero-order chi connectivity index (χ0) is 19.1. The first kappa shape index (κ1) is 17.4. The van der Waals surface area contributed by atoms with Crippen LogP contribution in [0, 0.1) is 5.92 Å². The molecule has 3 aliphatic rings. The Morgan fingerprint density at radius 3 is 2.68 bits per heavy atom. The molecule has 3 heterocycles. The van der Waals surface area contributed by atoms with Gasteiger partial charge < -0.3 is 14.8 Å². The third-order valence-electron chi connectivity index (χ3n) is 6.04. The lowest BCUT2D eigenvalue weighted by Gasteiger charge is -2.15. The average molecular weight is 379 g/mol. The number of nitrogens with zero attached hydrogens (tertiary/aromatic N) is 4. The van der Waals surface area contributed by atoms with Crippen molar-refractivity contribution in [3.05, 3.63) is 30.1 Å². The van der Waals surface area contributed by atoms with Gasteiger partial charge in [0.15, 0.2) is 5.82 Å². The zero-order valence-corrected chi connectivity index (χ0v) is 15.9. The summed E-state index contributed by atoms with van der Waals surface area (Å²) in [5.41, 5.74) is 1.76. The molecule has 2 amide bonds. The first-order valence-corrected chi connectivity index (χ1v) is 10.3. The fourth-order valence-corrected chi connectivity index (χ4v) is 4.29. The molecular weight excluding hydrogens is 354 g/mol. The Kier molecular flexibility index (Phi) is 4.37. The van der Waals surface area contributed by atoms with E-state index in [4.69, 9.17) is 0 Å². The van der Waals surface area contributed by atoms with Crippen molar-refractivity contribution in [2.24, 2.45) is 5.92 Å². The molecule has 2 aromatic rings. The average Bonchev–Trinajstić information content (AvgIpc) is 3.42. The highest BCUT2D eigenvalue weighted by atomic mass is 16.2. The number of hydrogen-bond donors (Lipinski definition) is 1. The van der Waals surface area contributed by atoms with Crippen LogP contribution in [0.3, 0.4) is 0 Å². The van der Waals surface area contributed by atoms with Crippen molar-refractivity contribution in [1.29, 1.82) is 0 Å². The lowest BCUT2D eigenvalue weighted by atomic mass is 10.1. The Labute approximate surface area is 164 Å². The van der Waals surface area contributed by atoms with Crippen LogP contribution in [0.25, 0.3) is 11.4 Å². The van der Waals surface area contributed by atoms with Crippen LogP contribution in [-0.2, 0) is 22.6 Å². The molecule has 5 rings (SSSR count). The smallest absolute Gasteiger partial charge is 0.229 e. The molecule has 1 aliphatic carbocycles. The number of fused-ring (bicyclic) bond motifs is 1. The van der Waals surface area contributed by atoms with E-state index in [9.17, 15) is 9.59 Å². The number of aryl methyl sites for hydroxylation is 1. The predicted molar refractivity (Wildman–Crippen MR) is 104 cm³/mol. The van der Waals surface area contributed by atoms with Crippen molar-refractivity contribution in [1.82, 2.24) is 19.7 Å². The minimum atomic E-state index is -0.250. The van der Waals surface area contributed by atoms with Crippen LogP contribution < -0.4 is 5.32 Å². The molecule has 0 spiro atoms. The normalized spacial score (nSPS) is 22.1. The van der Waals surface area contributed by atoms with Crippen LogP contribution in [0.4, 0.5) is 5.69 Å². The number of hydrogen-bond acceptors (Lipinski definition) is 4. The maximum atomic E-state index is 12.6. The van der Waals surface area contributed by atoms with Gasteiger partial charge in [-0.25, -0.2) is 0 Å². The summed E-state index contributed by atoms with van der Waals surface area (Å²) in [6.07, 6.45) is 7.03. The Balaban J connectivity index is 1.26. The van der Waals surface area contributed by atoms with Gasteiger partial charge in [0.1, 0.15) is 5.82 Å². The van der Waals surface area contributed by atoms with E-state index in [2.05, 4.69) is 20.1 Å². The third kappa shape index (κ3) is 3.30. The van der Waals surface area contributed by atoms with E-state index in [1.54, 1.807) is 0 Å². The van der Waals surface area contributed by atoms with E-state index in [0.717, 1.165) is 55.1 Å². The number of anilines is 1. The molecule has 1 saturated carbocycles. The molecule has 1 saturated heterocycles. The number of likely N-dealkylation sites (tertiary alicyclic amines) is 1. The van der Waals surface area contributed by atoms with Crippen molar-refractivity contribution < 1.29 is 9.59 Å². The van der Waals surface area contributed by atoms with Crippen molar-refractivity contribution in [2.75, 3.05) is 11.9 Å². The highest BCUT2D eigenvalue weighted by Crippen LogP contribution is 2.33. The van der Waals surface area contributed by atoms with Gasteiger partial charge in [-0.05, 0) is 49.9 Å². The Morgan fingerprint density at radius 2 is 1.89 bits per heavy atom. The summed E-state index contributed by atoms with van der Waals surface area (Å²) in [6, 6.07) is 8.15. The Bertz CT molecular complexity index is 900. The number of amides is 2. The van der Waals surface area contributed by atoms with E-state index in [1.165, 1.54) is 12.8 Å². The van der Waals surface area contributed by atoms with Gasteiger partial charge in [0.05, 0.1) is 5.92 Å². The summed E-state index contributed by atoms with van der Waals surface area (Å²) < 4.78 is 2.22. The fraction of sp³-hybridized carbons (Fsp3) is 0.524. The van der Waals surface area contributed by atoms with Crippen LogP contribution >= 0.6 is 0 Å². The molecule has 0 bridgehead atoms. The van der Waals surface area contributed by atoms with Gasteiger partial charge in [0, 0.05) is 43.2 Å². The summed E-state index contributed by atoms with van der Waals surface area (Å²) in [6.45, 7) is 1.52. The molecule has 28 heavy (non-hydrogen) atoms. The molecule has 146 valence electrons. The highest BCUT2D eigenvalue weighted by molar-refractivity contribution is 5.97. The molecule has 7 heteroatoms. The SMILES string of the molecule is O=C(Nc1ccc(-c2nnc3n2CCCCC3)cc1)[C@@H]1CC(=O)N(C2CC2)C1. The monoisotopic (exact) mass is 379 g/mol. The Morgan fingerprint density at radius 1 is 1.07 bits per heavy atom. The number of carbonyl (C=O) groups is 2. The molecule has 1 N–H and O–H groups in total. The van der Waals surface area contributed by atoms with Crippen LogP contribution in [0.15, 0.2) is 24.3 Å². The maximum Gasteiger partial charge on any atom is 0.229 e. The first-order chi connectivity index (χ1) is 13.7. The number of aromatic nitrogens is 3. The van der Waals surface area contributed by atoms with Crippen LogP contribution in [0.2, 0.25) is 0 Å². The minimum Gasteiger partial charge on any atom is -0.339 e. The van der Waals surface area contributed by atoms with E-state index < -0.39 is 0 Å². The second-order valence-electron chi connectivity index (χ2n) is 8.15. The summed E-state index contributed by atoms with van der Waals surface area (Å²) >= 11 is 0. The highest BCUT2D eigenvalue weighted by Gasteiger charge is 2.41. The first-order valence-electron chi connectivity index (χ1n) is 10.3. The number of benzene rings is 1. The van der Waals surface area contributed by atoms with Gasteiger partial charge in [0.25, 0.3) is 0 Å². The molecule has 0 radical (unpaired) electrons. The second-order valence-corrected chi connectivity index (χ2v) is 8.15. The topological polar surface area (TPSA) is 80.1 Å². The molecular formula is C21H25N5O2. The van der Waals surface area contributed by atoms with E-state index >= 15 is 0 Å². The van der Waals surface area contributed by atoms with Gasteiger partial charge >= 0.3 is 0 Å². The molecule has 2 fully saturated rings. The van der Waals surface area contributed by atoms with Gasteiger partial charge in [0.2, 0.25) is 11.8 Å². The number of carbonyl (C=O) groups excluding carboxylic acids is 2. The lowest BCUT2D eigenvalue weighted by Crippen LogP contribution is -2.29. The van der Waals surface area contributed by atoms with Crippen molar-refractivity contribution >= 4 is 17.5 Å². The number of rotatable bonds is 4.